The fourth-order valence-corrected chi connectivity index (χ4v) is 5.37. The molecule has 2 aromatic carbocycles. The molecule has 2 aliphatic rings. The van der Waals surface area contributed by atoms with Gasteiger partial charge in [-0.2, -0.15) is 9.47 Å². The highest BCUT2D eigenvalue weighted by Gasteiger charge is 2.30. The third kappa shape index (κ3) is 7.88. The number of morpholine rings is 1. The first-order chi connectivity index (χ1) is 20.0. The van der Waals surface area contributed by atoms with Crippen molar-refractivity contribution in [2.45, 2.75) is 18.9 Å². The minimum atomic E-state index is -2.66. The van der Waals surface area contributed by atoms with Gasteiger partial charge < -0.3 is 18.8 Å². The van der Waals surface area contributed by atoms with E-state index in [-0.39, 0.29) is 17.6 Å². The molecular weight excluding hydrogens is 542 g/mol. The number of rotatable bonds is 9. The Hall–Kier alpha value is -3.84. The SMILES string of the molecule is N#CC1CN(CC(Cc2nc[nH]c(=O)c2OS(=O)O)c2ccc(C#Cc3ccc(CN4CCOCC4)cc3)cc2)C1. The van der Waals surface area contributed by atoms with Crippen LogP contribution in [0.15, 0.2) is 59.7 Å². The summed E-state index contributed by atoms with van der Waals surface area (Å²) in [7, 11) is 0. The molecule has 2 unspecified atom stereocenters. The number of aromatic nitrogens is 2. The van der Waals surface area contributed by atoms with Crippen molar-refractivity contribution in [2.75, 3.05) is 45.9 Å². The summed E-state index contributed by atoms with van der Waals surface area (Å²) in [5.41, 5.74) is 3.74. The molecule has 0 bridgehead atoms. The molecular formula is C30H31N5O5S. The molecule has 41 heavy (non-hydrogen) atoms. The number of hydrogen-bond donors (Lipinski definition) is 2. The van der Waals surface area contributed by atoms with Crippen LogP contribution in [-0.2, 0) is 29.1 Å². The van der Waals surface area contributed by atoms with Crippen LogP contribution >= 0.6 is 0 Å². The van der Waals surface area contributed by atoms with Crippen molar-refractivity contribution in [1.29, 1.82) is 5.26 Å². The van der Waals surface area contributed by atoms with Gasteiger partial charge >= 0.3 is 11.4 Å². The molecule has 2 atom stereocenters. The van der Waals surface area contributed by atoms with Crippen LogP contribution < -0.4 is 9.74 Å². The zero-order valence-electron chi connectivity index (χ0n) is 22.5. The van der Waals surface area contributed by atoms with Crippen LogP contribution in [0.2, 0.25) is 0 Å². The molecule has 11 heteroatoms. The van der Waals surface area contributed by atoms with Gasteiger partial charge in [0.15, 0.2) is 0 Å². The molecule has 2 fully saturated rings. The largest absolute Gasteiger partial charge is 0.379 e. The third-order valence-electron chi connectivity index (χ3n) is 7.29. The van der Waals surface area contributed by atoms with Gasteiger partial charge in [0, 0.05) is 62.7 Å². The monoisotopic (exact) mass is 573 g/mol. The highest BCUT2D eigenvalue weighted by Crippen LogP contribution is 2.28. The van der Waals surface area contributed by atoms with Gasteiger partial charge in [0.25, 0.3) is 5.56 Å². The first kappa shape index (κ1) is 28.7. The zero-order valence-corrected chi connectivity index (χ0v) is 23.3. The van der Waals surface area contributed by atoms with Crippen molar-refractivity contribution < 1.29 is 17.7 Å². The quantitative estimate of drug-likeness (QED) is 0.292. The lowest BCUT2D eigenvalue weighted by molar-refractivity contribution is 0.0342. The van der Waals surface area contributed by atoms with E-state index in [4.69, 9.17) is 8.92 Å². The summed E-state index contributed by atoms with van der Waals surface area (Å²) in [4.78, 5) is 23.4. The van der Waals surface area contributed by atoms with Crippen molar-refractivity contribution in [2.24, 2.45) is 5.92 Å². The van der Waals surface area contributed by atoms with Gasteiger partial charge in [-0.1, -0.05) is 36.1 Å². The molecule has 0 radical (unpaired) electrons. The maximum absolute atomic E-state index is 12.3. The lowest BCUT2D eigenvalue weighted by atomic mass is 9.90. The number of H-pyrrole nitrogens is 1. The van der Waals surface area contributed by atoms with Crippen LogP contribution in [0.5, 0.6) is 5.75 Å². The summed E-state index contributed by atoms with van der Waals surface area (Å²) >= 11 is -2.66. The van der Waals surface area contributed by atoms with Crippen molar-refractivity contribution in [3.05, 3.63) is 93.2 Å². The van der Waals surface area contributed by atoms with Gasteiger partial charge in [0.1, 0.15) is 0 Å². The Labute approximate surface area is 241 Å². The van der Waals surface area contributed by atoms with E-state index in [1.54, 1.807) is 0 Å². The van der Waals surface area contributed by atoms with E-state index in [1.807, 2.05) is 36.4 Å². The molecule has 2 aliphatic heterocycles. The molecule has 0 aliphatic carbocycles. The van der Waals surface area contributed by atoms with E-state index >= 15 is 0 Å². The molecule has 10 nitrogen and oxygen atoms in total. The summed E-state index contributed by atoms with van der Waals surface area (Å²) in [6, 6.07) is 18.5. The van der Waals surface area contributed by atoms with E-state index in [0.29, 0.717) is 31.7 Å². The summed E-state index contributed by atoms with van der Waals surface area (Å²) in [5, 5.41) is 9.17. The minimum Gasteiger partial charge on any atom is -0.379 e. The molecule has 5 rings (SSSR count). The highest BCUT2D eigenvalue weighted by atomic mass is 32.2. The smallest absolute Gasteiger partial charge is 0.357 e. The minimum absolute atomic E-state index is 0.00938. The highest BCUT2D eigenvalue weighted by molar-refractivity contribution is 7.74. The second kappa shape index (κ2) is 13.7. The third-order valence-corrected chi connectivity index (χ3v) is 7.60. The maximum atomic E-state index is 12.3. The Kier molecular flexibility index (Phi) is 9.57. The van der Waals surface area contributed by atoms with Gasteiger partial charge in [-0.25, -0.2) is 4.98 Å². The van der Waals surface area contributed by atoms with Crippen LogP contribution in [-0.4, -0.2) is 74.5 Å². The van der Waals surface area contributed by atoms with E-state index in [1.165, 1.54) is 11.9 Å². The van der Waals surface area contributed by atoms with Crippen molar-refractivity contribution >= 4 is 11.4 Å². The normalized spacial score (nSPS) is 17.5. The van der Waals surface area contributed by atoms with Gasteiger partial charge in [-0.15, -0.1) is 0 Å². The van der Waals surface area contributed by atoms with Crippen molar-refractivity contribution in [3.8, 4) is 23.7 Å². The number of aromatic amines is 1. The Morgan fingerprint density at radius 3 is 2.37 bits per heavy atom. The number of likely N-dealkylation sites (tertiary alicyclic amines) is 1. The summed E-state index contributed by atoms with van der Waals surface area (Å²) in [6.45, 7) is 6.37. The zero-order chi connectivity index (χ0) is 28.6. The molecule has 0 spiro atoms. The first-order valence-corrected chi connectivity index (χ1v) is 14.5. The fraction of sp³-hybridized carbons (Fsp3) is 0.367. The number of nitrogens with zero attached hydrogens (tertiary/aromatic N) is 4. The van der Waals surface area contributed by atoms with Crippen LogP contribution in [0.3, 0.4) is 0 Å². The number of nitrogens with one attached hydrogen (secondary N) is 1. The van der Waals surface area contributed by atoms with Crippen LogP contribution in [0.4, 0.5) is 0 Å². The molecule has 0 saturated carbocycles. The lowest BCUT2D eigenvalue weighted by Gasteiger charge is -2.37. The summed E-state index contributed by atoms with van der Waals surface area (Å²) < 4.78 is 30.8. The van der Waals surface area contributed by atoms with E-state index in [9.17, 15) is 18.8 Å². The predicted molar refractivity (Wildman–Crippen MR) is 153 cm³/mol. The second-order valence-corrected chi connectivity index (χ2v) is 10.8. The Morgan fingerprint density at radius 1 is 1.07 bits per heavy atom. The number of hydrogen-bond acceptors (Lipinski definition) is 8. The fourth-order valence-electron chi connectivity index (χ4n) is 5.05. The van der Waals surface area contributed by atoms with Crippen molar-refractivity contribution in [1.82, 2.24) is 19.8 Å². The molecule has 3 heterocycles. The van der Waals surface area contributed by atoms with E-state index in [0.717, 1.165) is 49.5 Å². The topological polar surface area (TPSA) is 132 Å². The summed E-state index contributed by atoms with van der Waals surface area (Å²) in [5.74, 6) is 6.11. The number of ether oxygens (including phenoxy) is 1. The average molecular weight is 574 g/mol. The first-order valence-electron chi connectivity index (χ1n) is 13.5. The molecule has 0 amide bonds. The number of nitriles is 1. The lowest BCUT2D eigenvalue weighted by Crippen LogP contribution is -2.47. The van der Waals surface area contributed by atoms with Gasteiger partial charge in [0.05, 0.1) is 37.2 Å². The van der Waals surface area contributed by atoms with Crippen molar-refractivity contribution in [3.63, 3.8) is 0 Å². The predicted octanol–water partition coefficient (Wildman–Crippen LogP) is 2.30. The Balaban J connectivity index is 1.29. The molecule has 1 aromatic heterocycles. The van der Waals surface area contributed by atoms with E-state index in [2.05, 4.69) is 49.8 Å². The Morgan fingerprint density at radius 2 is 1.73 bits per heavy atom. The van der Waals surface area contributed by atoms with E-state index < -0.39 is 16.9 Å². The molecule has 2 N–H and O–H groups in total. The number of benzene rings is 2. The van der Waals surface area contributed by atoms with Crippen LogP contribution in [0.25, 0.3) is 0 Å². The van der Waals surface area contributed by atoms with Gasteiger partial charge in [0.2, 0.25) is 5.75 Å². The van der Waals surface area contributed by atoms with Gasteiger partial charge in [-0.05, 0) is 35.4 Å². The molecule has 3 aromatic rings. The van der Waals surface area contributed by atoms with Gasteiger partial charge in [-0.3, -0.25) is 14.2 Å². The average Bonchev–Trinajstić information content (AvgIpc) is 2.96. The van der Waals surface area contributed by atoms with Crippen LogP contribution in [0.1, 0.15) is 33.9 Å². The molecule has 212 valence electrons. The summed E-state index contributed by atoms with van der Waals surface area (Å²) in [6.07, 6.45) is 1.57. The van der Waals surface area contributed by atoms with Crippen LogP contribution in [0, 0.1) is 29.1 Å². The molecule has 2 saturated heterocycles. The second-order valence-electron chi connectivity index (χ2n) is 10.2. The Bertz CT molecular complexity index is 1510. The standard InChI is InChI=1S/C30H31N5O5S/c31-16-25-18-35(19-25)20-27(15-28-29(40-41(37)38)30(36)33-21-32-28)26-9-7-23(8-10-26)2-1-22-3-5-24(6-4-22)17-34-11-13-39-14-12-34/h3-10,21,25,27H,11-15,17-20H2,(H,37,38)(H,32,33,36). The maximum Gasteiger partial charge on any atom is 0.357 e.